The van der Waals surface area contributed by atoms with Gasteiger partial charge in [-0.15, -0.1) is 0 Å². The van der Waals surface area contributed by atoms with Crippen LogP contribution in [0.1, 0.15) is 12.6 Å². The smallest absolute Gasteiger partial charge is 0.161 e. The third-order valence-corrected chi connectivity index (χ3v) is 4.36. The Balaban J connectivity index is 2.52. The van der Waals surface area contributed by atoms with Crippen molar-refractivity contribution in [2.75, 3.05) is 0 Å². The third kappa shape index (κ3) is 3.06. The summed E-state index contributed by atoms with van der Waals surface area (Å²) < 4.78 is 1.97. The third-order valence-electron chi connectivity index (χ3n) is 2.29. The first kappa shape index (κ1) is 13.0. The summed E-state index contributed by atoms with van der Waals surface area (Å²) in [7, 11) is 0. The molecule has 2 rings (SSSR count). The van der Waals surface area contributed by atoms with Gasteiger partial charge in [-0.05, 0) is 62.5 Å². The molecule has 0 aliphatic rings. The molecule has 0 bridgehead atoms. The van der Waals surface area contributed by atoms with E-state index in [0.717, 1.165) is 26.6 Å². The highest BCUT2D eigenvalue weighted by atomic mass is 79.9. The van der Waals surface area contributed by atoms with Gasteiger partial charge in [-0.3, -0.25) is 0 Å². The van der Waals surface area contributed by atoms with Crippen LogP contribution in [0.15, 0.2) is 33.2 Å². The van der Waals surface area contributed by atoms with Crippen molar-refractivity contribution in [1.82, 2.24) is 9.97 Å². The van der Waals surface area contributed by atoms with E-state index in [-0.39, 0.29) is 0 Å². The van der Waals surface area contributed by atoms with Crippen molar-refractivity contribution in [3.8, 4) is 11.4 Å². The van der Waals surface area contributed by atoms with Gasteiger partial charge in [-0.1, -0.05) is 18.5 Å². The number of hydrogen-bond acceptors (Lipinski definition) is 2. The Morgan fingerprint density at radius 1 is 1.12 bits per heavy atom. The SMILES string of the molecule is CCc1cc(Cl)nc(-c2ccc(Br)c(Br)c2)n1. The Bertz CT molecular complexity index is 558. The molecule has 88 valence electrons. The second-order valence-corrected chi connectivity index (χ2v) is 5.58. The molecule has 0 aliphatic heterocycles. The van der Waals surface area contributed by atoms with E-state index in [4.69, 9.17) is 11.6 Å². The van der Waals surface area contributed by atoms with Crippen molar-refractivity contribution in [2.45, 2.75) is 13.3 Å². The first-order chi connectivity index (χ1) is 8.10. The van der Waals surface area contributed by atoms with Crippen molar-refractivity contribution in [2.24, 2.45) is 0 Å². The maximum Gasteiger partial charge on any atom is 0.161 e. The van der Waals surface area contributed by atoms with Crippen molar-refractivity contribution in [3.05, 3.63) is 44.1 Å². The van der Waals surface area contributed by atoms with E-state index in [1.54, 1.807) is 6.07 Å². The molecule has 2 aromatic rings. The molecule has 0 aliphatic carbocycles. The normalized spacial score (nSPS) is 10.6. The van der Waals surface area contributed by atoms with Crippen LogP contribution in [0.3, 0.4) is 0 Å². The first-order valence-electron chi connectivity index (χ1n) is 5.09. The average molecular weight is 376 g/mol. The number of benzene rings is 1. The standard InChI is InChI=1S/C12H9Br2ClN2/c1-2-8-6-11(15)17-12(16-8)7-3-4-9(13)10(14)5-7/h3-6H,2H2,1H3. The Morgan fingerprint density at radius 3 is 2.53 bits per heavy atom. The van der Waals surface area contributed by atoms with Crippen molar-refractivity contribution >= 4 is 43.5 Å². The second-order valence-electron chi connectivity index (χ2n) is 3.49. The van der Waals surface area contributed by atoms with Crippen molar-refractivity contribution in [1.29, 1.82) is 0 Å². The topological polar surface area (TPSA) is 25.8 Å². The monoisotopic (exact) mass is 374 g/mol. The minimum Gasteiger partial charge on any atom is -0.233 e. The number of aromatic nitrogens is 2. The Labute approximate surface area is 122 Å². The predicted molar refractivity (Wildman–Crippen MR) is 77.3 cm³/mol. The molecule has 0 saturated heterocycles. The summed E-state index contributed by atoms with van der Waals surface area (Å²) in [6.45, 7) is 2.04. The summed E-state index contributed by atoms with van der Waals surface area (Å²) in [4.78, 5) is 8.70. The van der Waals surface area contributed by atoms with E-state index >= 15 is 0 Å². The number of halogens is 3. The molecule has 0 saturated carbocycles. The molecular weight excluding hydrogens is 367 g/mol. The fourth-order valence-electron chi connectivity index (χ4n) is 1.41. The molecule has 0 atom stereocenters. The van der Waals surface area contributed by atoms with Gasteiger partial charge in [0.05, 0.1) is 0 Å². The molecule has 0 spiro atoms. The second kappa shape index (κ2) is 5.46. The van der Waals surface area contributed by atoms with Gasteiger partial charge in [0, 0.05) is 20.2 Å². The van der Waals surface area contributed by atoms with Crippen LogP contribution in [0, 0.1) is 0 Å². The van der Waals surface area contributed by atoms with Crippen LogP contribution < -0.4 is 0 Å². The lowest BCUT2D eigenvalue weighted by Crippen LogP contribution is -1.95. The van der Waals surface area contributed by atoms with Crippen LogP contribution in [0.25, 0.3) is 11.4 Å². The molecule has 0 N–H and O–H groups in total. The fourth-order valence-corrected chi connectivity index (χ4v) is 2.24. The molecule has 0 amide bonds. The highest BCUT2D eigenvalue weighted by molar-refractivity contribution is 9.13. The molecule has 5 heteroatoms. The maximum absolute atomic E-state index is 5.98. The van der Waals surface area contributed by atoms with Gasteiger partial charge < -0.3 is 0 Å². The summed E-state index contributed by atoms with van der Waals surface area (Å²) in [6, 6.07) is 7.67. The number of aryl methyl sites for hydroxylation is 1. The van der Waals surface area contributed by atoms with Crippen LogP contribution >= 0.6 is 43.5 Å². The molecule has 0 unspecified atom stereocenters. The van der Waals surface area contributed by atoms with Crippen molar-refractivity contribution in [3.63, 3.8) is 0 Å². The summed E-state index contributed by atoms with van der Waals surface area (Å²) in [5.74, 6) is 0.655. The minimum atomic E-state index is 0.478. The van der Waals surface area contributed by atoms with Gasteiger partial charge in [0.25, 0.3) is 0 Å². The van der Waals surface area contributed by atoms with Gasteiger partial charge in [0.2, 0.25) is 0 Å². The van der Waals surface area contributed by atoms with Gasteiger partial charge in [0.1, 0.15) is 5.15 Å². The van der Waals surface area contributed by atoms with Crippen molar-refractivity contribution < 1.29 is 0 Å². The summed E-state index contributed by atoms with van der Waals surface area (Å²) >= 11 is 12.9. The van der Waals surface area contributed by atoms with E-state index in [0.29, 0.717) is 11.0 Å². The van der Waals surface area contributed by atoms with Crippen LogP contribution in [-0.4, -0.2) is 9.97 Å². The largest absolute Gasteiger partial charge is 0.233 e. The Morgan fingerprint density at radius 2 is 1.88 bits per heavy atom. The number of hydrogen-bond donors (Lipinski definition) is 0. The molecule has 0 radical (unpaired) electrons. The number of rotatable bonds is 2. The fraction of sp³-hybridized carbons (Fsp3) is 0.167. The quantitative estimate of drug-likeness (QED) is 0.698. The molecule has 1 aromatic heterocycles. The van der Waals surface area contributed by atoms with Gasteiger partial charge in [-0.2, -0.15) is 0 Å². The molecule has 17 heavy (non-hydrogen) atoms. The van der Waals surface area contributed by atoms with Gasteiger partial charge in [-0.25, -0.2) is 9.97 Å². The highest BCUT2D eigenvalue weighted by Gasteiger charge is 2.07. The van der Waals surface area contributed by atoms with Gasteiger partial charge >= 0.3 is 0 Å². The van der Waals surface area contributed by atoms with E-state index in [1.807, 2.05) is 25.1 Å². The molecule has 1 aromatic carbocycles. The predicted octanol–water partition coefficient (Wildman–Crippen LogP) is 4.88. The van der Waals surface area contributed by atoms with Crippen LogP contribution in [0.5, 0.6) is 0 Å². The summed E-state index contributed by atoms with van der Waals surface area (Å²) in [5.41, 5.74) is 1.89. The lowest BCUT2D eigenvalue weighted by Gasteiger charge is -2.05. The minimum absolute atomic E-state index is 0.478. The molecular formula is C12H9Br2ClN2. The maximum atomic E-state index is 5.98. The molecule has 1 heterocycles. The molecule has 0 fully saturated rings. The van der Waals surface area contributed by atoms with Crippen LogP contribution in [0.2, 0.25) is 5.15 Å². The Kier molecular flexibility index (Phi) is 4.17. The van der Waals surface area contributed by atoms with Crippen LogP contribution in [-0.2, 0) is 6.42 Å². The zero-order chi connectivity index (χ0) is 12.4. The summed E-state index contributed by atoms with van der Waals surface area (Å²) in [6.07, 6.45) is 0.840. The average Bonchev–Trinajstić information content (AvgIpc) is 2.32. The van der Waals surface area contributed by atoms with Crippen LogP contribution in [0.4, 0.5) is 0 Å². The number of nitrogens with zero attached hydrogens (tertiary/aromatic N) is 2. The van der Waals surface area contributed by atoms with E-state index in [9.17, 15) is 0 Å². The first-order valence-corrected chi connectivity index (χ1v) is 7.05. The van der Waals surface area contributed by atoms with E-state index in [1.165, 1.54) is 0 Å². The lowest BCUT2D eigenvalue weighted by molar-refractivity contribution is 1.01. The Hall–Kier alpha value is -0.450. The summed E-state index contributed by atoms with van der Waals surface area (Å²) in [5, 5.41) is 0.478. The van der Waals surface area contributed by atoms with Gasteiger partial charge in [0.15, 0.2) is 5.82 Å². The lowest BCUT2D eigenvalue weighted by atomic mass is 10.2. The zero-order valence-corrected chi connectivity index (χ0v) is 13.0. The van der Waals surface area contributed by atoms with E-state index < -0.39 is 0 Å². The zero-order valence-electron chi connectivity index (χ0n) is 9.04. The highest BCUT2D eigenvalue weighted by Crippen LogP contribution is 2.28. The van der Waals surface area contributed by atoms with E-state index in [2.05, 4.69) is 41.8 Å². The molecule has 2 nitrogen and oxygen atoms in total.